The van der Waals surface area contributed by atoms with Gasteiger partial charge in [0.2, 0.25) is 23.6 Å². The van der Waals surface area contributed by atoms with Gasteiger partial charge in [0.25, 0.3) is 5.91 Å². The van der Waals surface area contributed by atoms with Crippen LogP contribution in [0.15, 0.2) is 48.5 Å². The molecular formula is C36H54BN7O8. The van der Waals surface area contributed by atoms with Crippen molar-refractivity contribution in [2.24, 2.45) is 11.5 Å². The van der Waals surface area contributed by atoms with Gasteiger partial charge in [-0.05, 0) is 93.7 Å². The van der Waals surface area contributed by atoms with Crippen molar-refractivity contribution in [1.29, 1.82) is 0 Å². The van der Waals surface area contributed by atoms with Crippen LogP contribution in [0, 0.1) is 0 Å². The summed E-state index contributed by atoms with van der Waals surface area (Å²) in [5, 5.41) is 31.3. The Morgan fingerprint density at radius 3 is 2.25 bits per heavy atom. The van der Waals surface area contributed by atoms with Gasteiger partial charge in [0.15, 0.2) is 0 Å². The number of hydrogen-bond donors (Lipinski definition) is 9. The van der Waals surface area contributed by atoms with Gasteiger partial charge in [-0.3, -0.25) is 24.0 Å². The topological polar surface area (TPSA) is 247 Å². The summed E-state index contributed by atoms with van der Waals surface area (Å²) in [7, 11) is -2.00. The minimum atomic E-state index is -2.00. The largest absolute Gasteiger partial charge is 0.490 e. The van der Waals surface area contributed by atoms with Crippen LogP contribution in [0.4, 0.5) is 0 Å². The lowest BCUT2D eigenvalue weighted by molar-refractivity contribution is -0.134. The molecule has 1 aliphatic heterocycles. The monoisotopic (exact) mass is 723 g/mol. The predicted octanol–water partition coefficient (Wildman–Crippen LogP) is 0.0114. The van der Waals surface area contributed by atoms with Crippen LogP contribution in [-0.2, 0) is 30.3 Å². The second-order valence-electron chi connectivity index (χ2n) is 13.1. The molecule has 0 aliphatic carbocycles. The first-order valence-electron chi connectivity index (χ1n) is 18.0. The predicted molar refractivity (Wildman–Crippen MR) is 197 cm³/mol. The van der Waals surface area contributed by atoms with Crippen molar-refractivity contribution in [3.8, 4) is 11.1 Å². The summed E-state index contributed by atoms with van der Waals surface area (Å²) in [4.78, 5) is 66.0. The number of carbonyl (C=O) groups excluding carboxylic acids is 5. The van der Waals surface area contributed by atoms with Crippen molar-refractivity contribution in [3.05, 3.63) is 59.7 Å². The molecular weight excluding hydrogens is 669 g/mol. The molecule has 0 aromatic heterocycles. The van der Waals surface area contributed by atoms with E-state index in [1.165, 1.54) is 12.5 Å². The lowest BCUT2D eigenvalue weighted by atomic mass is 9.86. The molecule has 0 saturated carbocycles. The molecule has 16 heteroatoms. The fraction of sp³-hybridized carbons (Fsp3) is 0.528. The second kappa shape index (κ2) is 21.9. The Kier molecular flexibility index (Phi) is 17.7. The molecule has 0 spiro atoms. The van der Waals surface area contributed by atoms with Gasteiger partial charge in [-0.2, -0.15) is 0 Å². The molecule has 1 saturated heterocycles. The molecule has 3 rings (SSSR count). The molecule has 0 radical (unpaired) electrons. The number of nitrogens with one attached hydrogen (secondary N) is 5. The van der Waals surface area contributed by atoms with Gasteiger partial charge < -0.3 is 52.8 Å². The van der Waals surface area contributed by atoms with Gasteiger partial charge in [-0.25, -0.2) is 0 Å². The molecule has 11 N–H and O–H groups in total. The molecule has 1 fully saturated rings. The zero-order valence-corrected chi connectivity index (χ0v) is 30.1. The standard InChI is InChI=1S/C36H54BN7O8/c1-3-4-9-24-12-14-25(15-13-24)26-16-18-27(19-17-26)32(46)42-28(10-5-7-20-38)33(47)43-30-22-52-21-8-6-11-29(34(48)44-36(39)37(50)51)41-31(45)23(2)40-35(30)49/h12-19,23,28-30,36,50-51H,3-11,20-22,38-39H2,1-2H3,(H,40,49)(H,41,45)(H,42,46)(H,43,47)(H,44,48). The third kappa shape index (κ3) is 13.7. The van der Waals surface area contributed by atoms with E-state index in [1.807, 2.05) is 12.1 Å². The summed E-state index contributed by atoms with van der Waals surface area (Å²) in [6.07, 6.45) is 5.81. The first kappa shape index (κ1) is 42.1. The van der Waals surface area contributed by atoms with Gasteiger partial charge in [0.05, 0.1) is 6.61 Å². The van der Waals surface area contributed by atoms with Crippen LogP contribution in [-0.4, -0.2) is 96.7 Å². The van der Waals surface area contributed by atoms with Crippen molar-refractivity contribution >= 4 is 36.7 Å². The zero-order chi connectivity index (χ0) is 38.0. The van der Waals surface area contributed by atoms with Crippen LogP contribution in [0.2, 0.25) is 0 Å². The van der Waals surface area contributed by atoms with Crippen molar-refractivity contribution in [2.75, 3.05) is 19.8 Å². The molecule has 2 aromatic rings. The SMILES string of the molecule is CCCCc1ccc(-c2ccc(C(=O)NC(CCCCN)C(=O)NC3COCCCCC(C(=O)NC(N)B(O)O)NC(=O)C(C)NC3=O)cc2)cc1. The Labute approximate surface area is 305 Å². The van der Waals surface area contributed by atoms with E-state index in [2.05, 4.69) is 57.8 Å². The average molecular weight is 724 g/mol. The number of unbranched alkanes of at least 4 members (excludes halogenated alkanes) is 2. The number of benzene rings is 2. The highest BCUT2D eigenvalue weighted by Crippen LogP contribution is 2.21. The number of rotatable bonds is 15. The fourth-order valence-corrected chi connectivity index (χ4v) is 5.56. The number of hydrogen-bond acceptors (Lipinski definition) is 10. The number of amides is 5. The van der Waals surface area contributed by atoms with Gasteiger partial charge in [0.1, 0.15) is 30.2 Å². The number of carbonyl (C=O) groups is 5. The molecule has 5 unspecified atom stereocenters. The summed E-state index contributed by atoms with van der Waals surface area (Å²) >= 11 is 0. The Balaban J connectivity index is 1.68. The molecule has 1 heterocycles. The Morgan fingerprint density at radius 1 is 0.942 bits per heavy atom. The summed E-state index contributed by atoms with van der Waals surface area (Å²) in [6, 6.07) is 9.62. The first-order chi connectivity index (χ1) is 24.9. The number of nitrogens with two attached hydrogens (primary N) is 2. The van der Waals surface area contributed by atoms with Crippen molar-refractivity contribution in [3.63, 3.8) is 0 Å². The lowest BCUT2D eigenvalue weighted by Crippen LogP contribution is -2.60. The van der Waals surface area contributed by atoms with E-state index >= 15 is 0 Å². The Morgan fingerprint density at radius 2 is 1.62 bits per heavy atom. The van der Waals surface area contributed by atoms with Gasteiger partial charge in [-0.1, -0.05) is 49.7 Å². The smallest absolute Gasteiger partial charge is 0.425 e. The molecule has 5 atom stereocenters. The molecule has 1 aliphatic rings. The molecule has 15 nitrogen and oxygen atoms in total. The van der Waals surface area contributed by atoms with Crippen LogP contribution in [0.3, 0.4) is 0 Å². The minimum Gasteiger partial charge on any atom is -0.425 e. The van der Waals surface area contributed by atoms with Crippen LogP contribution in [0.5, 0.6) is 0 Å². The maximum Gasteiger partial charge on any atom is 0.490 e. The van der Waals surface area contributed by atoms with Crippen LogP contribution in [0.25, 0.3) is 11.1 Å². The maximum absolute atomic E-state index is 13.6. The summed E-state index contributed by atoms with van der Waals surface area (Å²) in [6.45, 7) is 3.96. The third-order valence-corrected chi connectivity index (χ3v) is 8.79. The van der Waals surface area contributed by atoms with E-state index in [9.17, 15) is 34.0 Å². The van der Waals surface area contributed by atoms with Crippen LogP contribution < -0.4 is 38.1 Å². The lowest BCUT2D eigenvalue weighted by Gasteiger charge is -2.25. The van der Waals surface area contributed by atoms with Crippen LogP contribution in [0.1, 0.15) is 81.1 Å². The number of ether oxygens (including phenoxy) is 1. The highest BCUT2D eigenvalue weighted by molar-refractivity contribution is 6.43. The van der Waals surface area contributed by atoms with Crippen molar-refractivity contribution < 1.29 is 38.8 Å². The molecule has 5 amide bonds. The van der Waals surface area contributed by atoms with Gasteiger partial charge >= 0.3 is 7.12 Å². The minimum absolute atomic E-state index is 0.183. The molecule has 284 valence electrons. The quantitative estimate of drug-likeness (QED) is 0.0677. The molecule has 52 heavy (non-hydrogen) atoms. The maximum atomic E-state index is 13.6. The average Bonchev–Trinajstić information content (AvgIpc) is 3.14. The van der Waals surface area contributed by atoms with Gasteiger partial charge in [0, 0.05) is 12.2 Å². The normalized spacial score (nSPS) is 19.7. The van der Waals surface area contributed by atoms with E-state index in [1.54, 1.807) is 12.1 Å². The Hall–Kier alpha value is -4.35. The van der Waals surface area contributed by atoms with Crippen molar-refractivity contribution in [2.45, 2.75) is 102 Å². The van der Waals surface area contributed by atoms with E-state index in [-0.39, 0.29) is 26.1 Å². The third-order valence-electron chi connectivity index (χ3n) is 8.79. The first-order valence-corrected chi connectivity index (χ1v) is 18.0. The highest BCUT2D eigenvalue weighted by Gasteiger charge is 2.31. The van der Waals surface area contributed by atoms with Crippen molar-refractivity contribution in [1.82, 2.24) is 26.6 Å². The van der Waals surface area contributed by atoms with E-state index in [4.69, 9.17) is 16.2 Å². The molecule has 2 aromatic carbocycles. The highest BCUT2D eigenvalue weighted by atomic mass is 16.5. The van der Waals surface area contributed by atoms with E-state index in [0.717, 1.165) is 30.4 Å². The van der Waals surface area contributed by atoms with E-state index in [0.29, 0.717) is 37.8 Å². The summed E-state index contributed by atoms with van der Waals surface area (Å²) < 4.78 is 5.71. The summed E-state index contributed by atoms with van der Waals surface area (Å²) in [5.74, 6) is -3.17. The Bertz CT molecular complexity index is 1460. The van der Waals surface area contributed by atoms with E-state index < -0.39 is 66.9 Å². The number of aryl methyl sites for hydroxylation is 1. The second-order valence-corrected chi connectivity index (χ2v) is 13.1. The fourth-order valence-electron chi connectivity index (χ4n) is 5.56. The zero-order valence-electron chi connectivity index (χ0n) is 30.1. The summed E-state index contributed by atoms with van der Waals surface area (Å²) in [5.41, 5.74) is 14.8. The van der Waals surface area contributed by atoms with Crippen LogP contribution >= 0.6 is 0 Å². The van der Waals surface area contributed by atoms with Gasteiger partial charge in [-0.15, -0.1) is 0 Å². The molecule has 0 bridgehead atoms.